The van der Waals surface area contributed by atoms with Crippen molar-refractivity contribution in [1.29, 1.82) is 0 Å². The Morgan fingerprint density at radius 2 is 1.94 bits per heavy atom. The highest BCUT2D eigenvalue weighted by Crippen LogP contribution is 2.28. The zero-order valence-corrected chi connectivity index (χ0v) is 19.1. The van der Waals surface area contributed by atoms with Gasteiger partial charge in [0.15, 0.2) is 17.0 Å². The van der Waals surface area contributed by atoms with Crippen molar-refractivity contribution in [2.24, 2.45) is 0 Å². The van der Waals surface area contributed by atoms with Gasteiger partial charge in [-0.05, 0) is 57.5 Å². The Bertz CT molecular complexity index is 1240. The van der Waals surface area contributed by atoms with Crippen LogP contribution < -0.4 is 5.32 Å². The molecule has 0 aliphatic carbocycles. The van der Waals surface area contributed by atoms with Gasteiger partial charge in [0.1, 0.15) is 5.60 Å². The van der Waals surface area contributed by atoms with Crippen LogP contribution in [0.1, 0.15) is 45.0 Å². The Labute approximate surface area is 189 Å². The number of anilines is 1. The number of fused-ring (bicyclic) bond motifs is 1. The third-order valence-corrected chi connectivity index (χ3v) is 5.46. The number of hydrogen-bond acceptors (Lipinski definition) is 6. The van der Waals surface area contributed by atoms with Crippen LogP contribution in [0.2, 0.25) is 10.3 Å². The molecular formula is C21H23Cl2N7O. The SMILES string of the molecule is CC(C)n1cnc2c(NCc3c(Cl)cccc3-n3ccc(C(C)(C)O)n3)nc(Cl)nc21. The fraction of sp³-hybridized carbons (Fsp3) is 0.333. The predicted molar refractivity (Wildman–Crippen MR) is 122 cm³/mol. The summed E-state index contributed by atoms with van der Waals surface area (Å²) < 4.78 is 3.64. The van der Waals surface area contributed by atoms with E-state index in [4.69, 9.17) is 23.2 Å². The zero-order valence-electron chi connectivity index (χ0n) is 17.6. The Balaban J connectivity index is 1.70. The first-order valence-electron chi connectivity index (χ1n) is 9.85. The number of nitrogens with zero attached hydrogens (tertiary/aromatic N) is 6. The van der Waals surface area contributed by atoms with Gasteiger partial charge in [-0.15, -0.1) is 0 Å². The summed E-state index contributed by atoms with van der Waals surface area (Å²) in [5.41, 5.74) is 2.44. The predicted octanol–water partition coefficient (Wildman–Crippen LogP) is 4.74. The van der Waals surface area contributed by atoms with Gasteiger partial charge in [0.25, 0.3) is 0 Å². The minimum absolute atomic E-state index is 0.138. The Hall–Kier alpha value is -2.68. The molecule has 3 heterocycles. The molecule has 162 valence electrons. The van der Waals surface area contributed by atoms with E-state index in [0.717, 1.165) is 11.3 Å². The lowest BCUT2D eigenvalue weighted by molar-refractivity contribution is 0.0734. The van der Waals surface area contributed by atoms with Crippen LogP contribution in [-0.4, -0.2) is 34.4 Å². The van der Waals surface area contributed by atoms with E-state index in [1.807, 2.05) is 36.6 Å². The monoisotopic (exact) mass is 459 g/mol. The minimum atomic E-state index is -1.04. The largest absolute Gasteiger partial charge is 0.384 e. The Morgan fingerprint density at radius 1 is 1.16 bits per heavy atom. The van der Waals surface area contributed by atoms with Crippen molar-refractivity contribution < 1.29 is 5.11 Å². The number of aliphatic hydroxyl groups is 1. The van der Waals surface area contributed by atoms with Gasteiger partial charge in [-0.1, -0.05) is 17.7 Å². The first kappa shape index (κ1) is 21.5. The molecule has 0 bridgehead atoms. The van der Waals surface area contributed by atoms with Crippen molar-refractivity contribution in [3.05, 3.63) is 58.4 Å². The van der Waals surface area contributed by atoms with Crippen molar-refractivity contribution in [3.63, 3.8) is 0 Å². The number of halogens is 2. The average molecular weight is 460 g/mol. The molecule has 0 saturated carbocycles. The van der Waals surface area contributed by atoms with Crippen LogP contribution in [0.5, 0.6) is 0 Å². The zero-order chi connectivity index (χ0) is 22.3. The summed E-state index contributed by atoms with van der Waals surface area (Å²) in [6.07, 6.45) is 3.53. The van der Waals surface area contributed by atoms with Crippen LogP contribution in [0, 0.1) is 0 Å². The van der Waals surface area contributed by atoms with E-state index in [1.165, 1.54) is 0 Å². The van der Waals surface area contributed by atoms with E-state index in [0.29, 0.717) is 34.2 Å². The number of imidazole rings is 1. The van der Waals surface area contributed by atoms with Gasteiger partial charge in [0.05, 0.1) is 17.7 Å². The number of nitrogens with one attached hydrogen (secondary N) is 1. The molecule has 4 rings (SSSR count). The highest BCUT2D eigenvalue weighted by Gasteiger charge is 2.21. The molecule has 31 heavy (non-hydrogen) atoms. The van der Waals surface area contributed by atoms with E-state index < -0.39 is 5.60 Å². The second-order valence-corrected chi connectivity index (χ2v) is 8.80. The molecule has 0 aliphatic heterocycles. The molecule has 2 N–H and O–H groups in total. The third-order valence-electron chi connectivity index (χ3n) is 4.94. The lowest BCUT2D eigenvalue weighted by Gasteiger charge is -2.15. The molecule has 0 atom stereocenters. The summed E-state index contributed by atoms with van der Waals surface area (Å²) in [6.45, 7) is 7.85. The van der Waals surface area contributed by atoms with Crippen LogP contribution >= 0.6 is 23.2 Å². The van der Waals surface area contributed by atoms with Crippen LogP contribution in [0.4, 0.5) is 5.82 Å². The molecule has 0 fully saturated rings. The molecule has 10 heteroatoms. The molecule has 0 unspecified atom stereocenters. The molecule has 0 aliphatic rings. The normalized spacial score (nSPS) is 12.1. The average Bonchev–Trinajstić information content (AvgIpc) is 3.33. The summed E-state index contributed by atoms with van der Waals surface area (Å²) in [6, 6.07) is 7.56. The number of benzene rings is 1. The second-order valence-electron chi connectivity index (χ2n) is 8.05. The molecular weight excluding hydrogens is 437 g/mol. The lowest BCUT2D eigenvalue weighted by Crippen LogP contribution is -2.17. The van der Waals surface area contributed by atoms with Crippen LogP contribution in [0.15, 0.2) is 36.8 Å². The summed E-state index contributed by atoms with van der Waals surface area (Å²) in [4.78, 5) is 13.1. The summed E-state index contributed by atoms with van der Waals surface area (Å²) in [5, 5.41) is 18.8. The fourth-order valence-corrected chi connectivity index (χ4v) is 3.69. The highest BCUT2D eigenvalue weighted by atomic mass is 35.5. The fourth-order valence-electron chi connectivity index (χ4n) is 3.28. The molecule has 0 saturated heterocycles. The maximum atomic E-state index is 10.2. The standard InChI is InChI=1S/C21H23Cl2N7O/c1-12(2)29-11-25-17-18(26-20(23)27-19(17)29)24-10-13-14(22)6-5-7-15(13)30-9-8-16(28-30)21(3,4)31/h5-9,11-12,31H,10H2,1-4H3,(H,24,26,27). The van der Waals surface area contributed by atoms with Crippen LogP contribution in [-0.2, 0) is 12.1 Å². The Kier molecular flexibility index (Phi) is 5.63. The molecule has 0 spiro atoms. The first-order chi connectivity index (χ1) is 14.6. The van der Waals surface area contributed by atoms with E-state index in [-0.39, 0.29) is 11.3 Å². The molecule has 8 nitrogen and oxygen atoms in total. The molecule has 0 amide bonds. The molecule has 0 radical (unpaired) electrons. The lowest BCUT2D eigenvalue weighted by atomic mass is 10.1. The quantitative estimate of drug-likeness (QED) is 0.404. The van der Waals surface area contributed by atoms with Gasteiger partial charge in [-0.2, -0.15) is 15.1 Å². The van der Waals surface area contributed by atoms with Gasteiger partial charge < -0.3 is 15.0 Å². The molecule has 4 aromatic rings. The summed E-state index contributed by atoms with van der Waals surface area (Å²) in [7, 11) is 0. The second kappa shape index (κ2) is 8.11. The maximum absolute atomic E-state index is 10.2. The van der Waals surface area contributed by atoms with Crippen molar-refractivity contribution >= 4 is 40.2 Å². The highest BCUT2D eigenvalue weighted by molar-refractivity contribution is 6.31. The van der Waals surface area contributed by atoms with Crippen molar-refractivity contribution in [2.75, 3.05) is 5.32 Å². The van der Waals surface area contributed by atoms with E-state index in [2.05, 4.69) is 25.4 Å². The van der Waals surface area contributed by atoms with Gasteiger partial charge in [0.2, 0.25) is 5.28 Å². The van der Waals surface area contributed by atoms with Crippen LogP contribution in [0.25, 0.3) is 16.9 Å². The summed E-state index contributed by atoms with van der Waals surface area (Å²) >= 11 is 12.7. The van der Waals surface area contributed by atoms with E-state index in [1.54, 1.807) is 37.1 Å². The van der Waals surface area contributed by atoms with Gasteiger partial charge >= 0.3 is 0 Å². The van der Waals surface area contributed by atoms with Crippen molar-refractivity contribution in [2.45, 2.75) is 45.9 Å². The van der Waals surface area contributed by atoms with Gasteiger partial charge in [-0.25, -0.2) is 9.67 Å². The van der Waals surface area contributed by atoms with Gasteiger partial charge in [-0.3, -0.25) is 0 Å². The molecule has 1 aromatic carbocycles. The van der Waals surface area contributed by atoms with Gasteiger partial charge in [0, 0.05) is 29.4 Å². The third kappa shape index (κ3) is 4.23. The van der Waals surface area contributed by atoms with Crippen LogP contribution in [0.3, 0.4) is 0 Å². The summed E-state index contributed by atoms with van der Waals surface area (Å²) in [5.74, 6) is 0.526. The smallest absolute Gasteiger partial charge is 0.226 e. The molecule has 3 aromatic heterocycles. The number of aromatic nitrogens is 6. The van der Waals surface area contributed by atoms with E-state index >= 15 is 0 Å². The van der Waals surface area contributed by atoms with Crippen molar-refractivity contribution in [1.82, 2.24) is 29.3 Å². The van der Waals surface area contributed by atoms with Crippen molar-refractivity contribution in [3.8, 4) is 5.69 Å². The minimum Gasteiger partial charge on any atom is -0.384 e. The topological polar surface area (TPSA) is 93.7 Å². The first-order valence-corrected chi connectivity index (χ1v) is 10.6. The van der Waals surface area contributed by atoms with E-state index in [9.17, 15) is 5.11 Å². The maximum Gasteiger partial charge on any atom is 0.226 e. The number of rotatable bonds is 6. The Morgan fingerprint density at radius 3 is 2.61 bits per heavy atom. The number of hydrogen-bond donors (Lipinski definition) is 2.